The first-order chi connectivity index (χ1) is 12.7. The van der Waals surface area contributed by atoms with Crippen molar-refractivity contribution in [2.24, 2.45) is 34.2 Å². The van der Waals surface area contributed by atoms with Crippen molar-refractivity contribution >= 4 is 28.8 Å². The molecule has 6 rings (SSSR count). The van der Waals surface area contributed by atoms with Gasteiger partial charge in [0.2, 0.25) is 0 Å². The summed E-state index contributed by atoms with van der Waals surface area (Å²) in [7, 11) is 0. The highest BCUT2D eigenvalue weighted by atomic mass is 16.2. The van der Waals surface area contributed by atoms with E-state index in [0.717, 1.165) is 34.2 Å². The van der Waals surface area contributed by atoms with Crippen molar-refractivity contribution in [1.29, 1.82) is 0 Å². The first kappa shape index (κ1) is 14.4. The first-order valence-corrected chi connectivity index (χ1v) is 9.29. The molecule has 2 aromatic rings. The van der Waals surface area contributed by atoms with Crippen LogP contribution in [0, 0.1) is 29.1 Å². The molecule has 4 unspecified atom stereocenters. The molecule has 4 aliphatic rings. The zero-order chi connectivity index (χ0) is 17.5. The highest BCUT2D eigenvalue weighted by molar-refractivity contribution is 6.08. The second-order valence-corrected chi connectivity index (χ2v) is 8.02. The molecule has 1 heterocycles. The van der Waals surface area contributed by atoms with E-state index >= 15 is 0 Å². The molecular weight excluding hydrogens is 324 g/mol. The molecule has 3 aliphatic carbocycles. The number of hydrogen-bond acceptors (Lipinski definition) is 3. The second-order valence-electron chi connectivity index (χ2n) is 8.02. The Bertz CT molecular complexity index is 994. The Hall–Kier alpha value is -2.75. The van der Waals surface area contributed by atoms with Gasteiger partial charge in [-0.3, -0.25) is 9.59 Å². The Morgan fingerprint density at radius 3 is 2.27 bits per heavy atom. The lowest BCUT2D eigenvalue weighted by molar-refractivity contribution is -0.141. The SMILES string of the molecule is O=C1C2C(C(=O)N1/N=C/c1cccc3ccccc13)C1C=CC2C12CC2. The molecule has 4 heteroatoms. The minimum absolute atomic E-state index is 0.111. The van der Waals surface area contributed by atoms with Crippen molar-refractivity contribution in [2.75, 3.05) is 0 Å². The summed E-state index contributed by atoms with van der Waals surface area (Å²) in [4.78, 5) is 25.9. The molecule has 4 nitrogen and oxygen atoms in total. The normalized spacial score (nSPS) is 33.2. The molecule has 2 bridgehead atoms. The first-order valence-electron chi connectivity index (χ1n) is 9.29. The van der Waals surface area contributed by atoms with Crippen LogP contribution in [0.3, 0.4) is 0 Å². The van der Waals surface area contributed by atoms with Crippen molar-refractivity contribution in [3.63, 3.8) is 0 Å². The van der Waals surface area contributed by atoms with Crippen LogP contribution in [0.4, 0.5) is 0 Å². The molecule has 2 saturated carbocycles. The van der Waals surface area contributed by atoms with E-state index in [2.05, 4.69) is 17.3 Å². The molecule has 2 amide bonds. The van der Waals surface area contributed by atoms with Crippen molar-refractivity contribution in [1.82, 2.24) is 5.01 Å². The Morgan fingerprint density at radius 2 is 1.58 bits per heavy atom. The van der Waals surface area contributed by atoms with Gasteiger partial charge >= 0.3 is 0 Å². The van der Waals surface area contributed by atoms with Gasteiger partial charge < -0.3 is 0 Å². The lowest BCUT2D eigenvalue weighted by Gasteiger charge is -2.18. The van der Waals surface area contributed by atoms with Gasteiger partial charge in [0.05, 0.1) is 18.1 Å². The summed E-state index contributed by atoms with van der Waals surface area (Å²) in [6, 6.07) is 14.0. The van der Waals surface area contributed by atoms with Crippen molar-refractivity contribution in [3.8, 4) is 0 Å². The van der Waals surface area contributed by atoms with E-state index < -0.39 is 0 Å². The Balaban J connectivity index is 1.35. The van der Waals surface area contributed by atoms with Gasteiger partial charge in [0.1, 0.15) is 0 Å². The van der Waals surface area contributed by atoms with E-state index in [-0.39, 0.29) is 40.9 Å². The van der Waals surface area contributed by atoms with Gasteiger partial charge in [0.15, 0.2) is 0 Å². The van der Waals surface area contributed by atoms with E-state index in [9.17, 15) is 9.59 Å². The van der Waals surface area contributed by atoms with Gasteiger partial charge in [-0.15, -0.1) is 0 Å². The molecule has 1 saturated heterocycles. The lowest BCUT2D eigenvalue weighted by atomic mass is 9.85. The fourth-order valence-corrected chi connectivity index (χ4v) is 5.66. The van der Waals surface area contributed by atoms with Crippen LogP contribution in [0.5, 0.6) is 0 Å². The van der Waals surface area contributed by atoms with Gasteiger partial charge in [0, 0.05) is 5.56 Å². The third kappa shape index (κ3) is 1.62. The summed E-state index contributed by atoms with van der Waals surface area (Å²) in [5, 5.41) is 7.66. The maximum atomic E-state index is 12.9. The quantitative estimate of drug-likeness (QED) is 0.477. The average Bonchev–Trinajstić information content (AvgIpc) is 3.27. The lowest BCUT2D eigenvalue weighted by Crippen LogP contribution is -2.30. The van der Waals surface area contributed by atoms with Crippen LogP contribution in [-0.2, 0) is 9.59 Å². The summed E-state index contributed by atoms with van der Waals surface area (Å²) in [5.41, 5.74) is 1.15. The summed E-state index contributed by atoms with van der Waals surface area (Å²) < 4.78 is 0. The predicted molar refractivity (Wildman–Crippen MR) is 98.2 cm³/mol. The van der Waals surface area contributed by atoms with Gasteiger partial charge in [-0.05, 0) is 40.9 Å². The van der Waals surface area contributed by atoms with Crippen LogP contribution >= 0.6 is 0 Å². The number of hydrazone groups is 1. The van der Waals surface area contributed by atoms with E-state index in [0.29, 0.717) is 0 Å². The summed E-state index contributed by atoms with van der Waals surface area (Å²) in [6.07, 6.45) is 8.33. The topological polar surface area (TPSA) is 49.7 Å². The number of nitrogens with zero attached hydrogens (tertiary/aromatic N) is 2. The number of fused-ring (bicyclic) bond motifs is 4. The number of hydrogen-bond donors (Lipinski definition) is 0. The van der Waals surface area contributed by atoms with Crippen molar-refractivity contribution < 1.29 is 9.59 Å². The van der Waals surface area contributed by atoms with Crippen molar-refractivity contribution in [3.05, 3.63) is 60.2 Å². The molecule has 26 heavy (non-hydrogen) atoms. The summed E-state index contributed by atoms with van der Waals surface area (Å²) in [5.74, 6) is -0.119. The molecule has 0 aromatic heterocycles. The number of carbonyl (C=O) groups excluding carboxylic acids is 2. The third-order valence-electron chi connectivity index (χ3n) is 6.96. The average molecular weight is 342 g/mol. The Kier molecular flexibility index (Phi) is 2.61. The molecule has 1 spiro atoms. The van der Waals surface area contributed by atoms with Gasteiger partial charge in [-0.1, -0.05) is 54.6 Å². The standard InChI is InChI=1S/C22H18N2O2/c25-20-18-16-8-9-17(22(16)10-11-22)19(18)21(26)24(20)23-12-14-6-3-5-13-4-1-2-7-15(13)14/h1-9,12,16-19H,10-11H2/b23-12+. The molecule has 2 aromatic carbocycles. The monoisotopic (exact) mass is 342 g/mol. The Labute approximate surface area is 151 Å². The predicted octanol–water partition coefficient (Wildman–Crippen LogP) is 3.37. The molecule has 0 radical (unpaired) electrons. The van der Waals surface area contributed by atoms with Crippen LogP contribution in [0.2, 0.25) is 0 Å². The smallest absolute Gasteiger partial charge is 0.254 e. The van der Waals surface area contributed by atoms with Crippen LogP contribution in [0.25, 0.3) is 10.8 Å². The van der Waals surface area contributed by atoms with Crippen LogP contribution in [-0.4, -0.2) is 23.0 Å². The van der Waals surface area contributed by atoms with Crippen LogP contribution in [0.1, 0.15) is 18.4 Å². The van der Waals surface area contributed by atoms with E-state index in [1.165, 1.54) is 0 Å². The molecule has 3 fully saturated rings. The molecule has 0 N–H and O–H groups in total. The third-order valence-corrected chi connectivity index (χ3v) is 6.96. The minimum atomic E-state index is -0.190. The maximum absolute atomic E-state index is 12.9. The van der Waals surface area contributed by atoms with Gasteiger partial charge in [0.25, 0.3) is 11.8 Å². The molecule has 128 valence electrons. The highest BCUT2D eigenvalue weighted by Crippen LogP contribution is 2.73. The van der Waals surface area contributed by atoms with E-state index in [1.807, 2.05) is 42.5 Å². The summed E-state index contributed by atoms with van der Waals surface area (Å²) >= 11 is 0. The number of allylic oxidation sites excluding steroid dienone is 2. The van der Waals surface area contributed by atoms with Crippen LogP contribution in [0.15, 0.2) is 59.7 Å². The summed E-state index contributed by atoms with van der Waals surface area (Å²) in [6.45, 7) is 0. The minimum Gasteiger partial charge on any atom is -0.272 e. The van der Waals surface area contributed by atoms with E-state index in [4.69, 9.17) is 0 Å². The number of imide groups is 1. The number of rotatable bonds is 2. The zero-order valence-electron chi connectivity index (χ0n) is 14.2. The second kappa shape index (κ2) is 4.70. The molecule has 4 atom stereocenters. The fraction of sp³-hybridized carbons (Fsp3) is 0.318. The highest BCUT2D eigenvalue weighted by Gasteiger charge is 2.73. The molecule has 1 aliphatic heterocycles. The largest absolute Gasteiger partial charge is 0.272 e. The number of amides is 2. The number of benzene rings is 2. The van der Waals surface area contributed by atoms with E-state index in [1.54, 1.807) is 6.21 Å². The fourth-order valence-electron chi connectivity index (χ4n) is 5.66. The van der Waals surface area contributed by atoms with Gasteiger partial charge in [-0.25, -0.2) is 0 Å². The van der Waals surface area contributed by atoms with Crippen molar-refractivity contribution in [2.45, 2.75) is 12.8 Å². The zero-order valence-corrected chi connectivity index (χ0v) is 14.2. The van der Waals surface area contributed by atoms with Gasteiger partial charge in [-0.2, -0.15) is 10.1 Å². The number of carbonyl (C=O) groups is 2. The Morgan fingerprint density at radius 1 is 0.923 bits per heavy atom. The molecular formula is C22H18N2O2. The van der Waals surface area contributed by atoms with Crippen LogP contribution < -0.4 is 0 Å². The maximum Gasteiger partial charge on any atom is 0.254 e.